The molecule has 0 amide bonds. The van der Waals surface area contributed by atoms with Crippen molar-refractivity contribution in [3.63, 3.8) is 0 Å². The lowest BCUT2D eigenvalue weighted by atomic mass is 10.1. The van der Waals surface area contributed by atoms with Crippen LogP contribution < -0.4 is 5.32 Å². The standard InChI is InChI=1S/C15H20N2O3S/c1-16-9-13-3-5-14(6-4-13)12-21(18,19)17(2)10-15-7-8-20-11-15/h3-8,11,16H,9-10,12H2,1-2H3. The van der Waals surface area contributed by atoms with E-state index in [-0.39, 0.29) is 5.75 Å². The van der Waals surface area contributed by atoms with E-state index in [1.165, 1.54) is 10.6 Å². The number of rotatable bonds is 7. The summed E-state index contributed by atoms with van der Waals surface area (Å²) < 4.78 is 30.9. The Morgan fingerprint density at radius 1 is 1.10 bits per heavy atom. The van der Waals surface area contributed by atoms with E-state index >= 15 is 0 Å². The molecule has 1 N–H and O–H groups in total. The number of hydrogen-bond donors (Lipinski definition) is 1. The fourth-order valence-corrected chi connectivity index (χ4v) is 3.20. The van der Waals surface area contributed by atoms with E-state index in [0.717, 1.165) is 23.2 Å². The first-order valence-electron chi connectivity index (χ1n) is 6.69. The highest BCUT2D eigenvalue weighted by molar-refractivity contribution is 7.88. The van der Waals surface area contributed by atoms with Crippen molar-refractivity contribution in [3.8, 4) is 0 Å². The number of nitrogens with one attached hydrogen (secondary N) is 1. The molecular weight excluding hydrogens is 288 g/mol. The van der Waals surface area contributed by atoms with Crippen LogP contribution in [0.4, 0.5) is 0 Å². The minimum Gasteiger partial charge on any atom is -0.472 e. The molecule has 0 fully saturated rings. The molecule has 0 aliphatic carbocycles. The Morgan fingerprint density at radius 3 is 2.33 bits per heavy atom. The predicted octanol–water partition coefficient (Wildman–Crippen LogP) is 1.96. The van der Waals surface area contributed by atoms with Gasteiger partial charge in [0.2, 0.25) is 10.0 Å². The minimum atomic E-state index is -3.34. The van der Waals surface area contributed by atoms with Gasteiger partial charge in [0.05, 0.1) is 18.3 Å². The third-order valence-corrected chi connectivity index (χ3v) is 4.99. The summed E-state index contributed by atoms with van der Waals surface area (Å²) in [5.74, 6) is 0.00118. The van der Waals surface area contributed by atoms with Gasteiger partial charge in [0.25, 0.3) is 0 Å². The summed E-state index contributed by atoms with van der Waals surface area (Å²) in [5.41, 5.74) is 2.75. The summed E-state index contributed by atoms with van der Waals surface area (Å²) in [6.45, 7) is 1.09. The normalized spacial score (nSPS) is 12.0. The Kier molecular flexibility index (Phi) is 5.17. The van der Waals surface area contributed by atoms with Crippen LogP contribution in [0.2, 0.25) is 0 Å². The van der Waals surface area contributed by atoms with Crippen LogP contribution in [0.5, 0.6) is 0 Å². The molecule has 0 spiro atoms. The second-order valence-corrected chi connectivity index (χ2v) is 7.07. The highest BCUT2D eigenvalue weighted by Gasteiger charge is 2.19. The van der Waals surface area contributed by atoms with Crippen molar-refractivity contribution in [2.45, 2.75) is 18.8 Å². The quantitative estimate of drug-likeness (QED) is 0.849. The molecular formula is C15H20N2O3S. The van der Waals surface area contributed by atoms with Gasteiger partial charge in [0.15, 0.2) is 0 Å². The zero-order valence-electron chi connectivity index (χ0n) is 12.2. The Bertz CT molecular complexity index is 649. The van der Waals surface area contributed by atoms with Gasteiger partial charge in [-0.2, -0.15) is 0 Å². The maximum atomic E-state index is 12.3. The predicted molar refractivity (Wildman–Crippen MR) is 82.0 cm³/mol. The Balaban J connectivity index is 2.02. The third-order valence-electron chi connectivity index (χ3n) is 3.21. The fraction of sp³-hybridized carbons (Fsp3) is 0.333. The number of benzene rings is 1. The first-order chi connectivity index (χ1) is 10.0. The first kappa shape index (κ1) is 15.8. The first-order valence-corrected chi connectivity index (χ1v) is 8.29. The second kappa shape index (κ2) is 6.89. The van der Waals surface area contributed by atoms with E-state index in [1.54, 1.807) is 19.4 Å². The number of nitrogens with zero attached hydrogens (tertiary/aromatic N) is 1. The smallest absolute Gasteiger partial charge is 0.218 e. The van der Waals surface area contributed by atoms with E-state index in [2.05, 4.69) is 5.32 Å². The SMILES string of the molecule is CNCc1ccc(CS(=O)(=O)N(C)Cc2ccoc2)cc1. The lowest BCUT2D eigenvalue weighted by Gasteiger charge is -2.16. The van der Waals surface area contributed by atoms with Crippen molar-refractivity contribution in [3.05, 3.63) is 59.5 Å². The number of hydrogen-bond acceptors (Lipinski definition) is 4. The van der Waals surface area contributed by atoms with E-state index in [9.17, 15) is 8.42 Å². The lowest BCUT2D eigenvalue weighted by molar-refractivity contribution is 0.462. The van der Waals surface area contributed by atoms with Crippen molar-refractivity contribution in [2.24, 2.45) is 0 Å². The molecule has 2 rings (SSSR count). The van der Waals surface area contributed by atoms with Crippen LogP contribution in [0.25, 0.3) is 0 Å². The molecule has 0 aliphatic heterocycles. The van der Waals surface area contributed by atoms with Crippen LogP contribution in [0.15, 0.2) is 47.3 Å². The minimum absolute atomic E-state index is 0.00118. The molecule has 2 aromatic rings. The lowest BCUT2D eigenvalue weighted by Crippen LogP contribution is -2.27. The maximum Gasteiger partial charge on any atom is 0.218 e. The second-order valence-electron chi connectivity index (χ2n) is 4.99. The molecule has 0 aliphatic rings. The molecule has 1 aromatic heterocycles. The van der Waals surface area contributed by atoms with Gasteiger partial charge in [-0.25, -0.2) is 12.7 Å². The van der Waals surface area contributed by atoms with Crippen LogP contribution in [0.3, 0.4) is 0 Å². The average Bonchev–Trinajstić information content (AvgIpc) is 2.94. The van der Waals surface area contributed by atoms with E-state index in [1.807, 2.05) is 31.3 Å². The number of sulfonamides is 1. The average molecular weight is 308 g/mol. The van der Waals surface area contributed by atoms with Crippen molar-refractivity contribution < 1.29 is 12.8 Å². The molecule has 114 valence electrons. The van der Waals surface area contributed by atoms with Crippen molar-refractivity contribution in [1.29, 1.82) is 0 Å². The van der Waals surface area contributed by atoms with Crippen molar-refractivity contribution >= 4 is 10.0 Å². The summed E-state index contributed by atoms with van der Waals surface area (Å²) >= 11 is 0. The topological polar surface area (TPSA) is 62.6 Å². The molecule has 21 heavy (non-hydrogen) atoms. The molecule has 5 nitrogen and oxygen atoms in total. The molecule has 0 saturated carbocycles. The van der Waals surface area contributed by atoms with E-state index < -0.39 is 10.0 Å². The van der Waals surface area contributed by atoms with E-state index in [0.29, 0.717) is 6.54 Å². The zero-order chi connectivity index (χ0) is 15.3. The van der Waals surface area contributed by atoms with Crippen molar-refractivity contribution in [2.75, 3.05) is 14.1 Å². The van der Waals surface area contributed by atoms with Crippen molar-refractivity contribution in [1.82, 2.24) is 9.62 Å². The maximum absolute atomic E-state index is 12.3. The van der Waals surface area contributed by atoms with Gasteiger partial charge in [0.1, 0.15) is 0 Å². The summed E-state index contributed by atoms with van der Waals surface area (Å²) in [7, 11) is 0.121. The van der Waals surface area contributed by atoms with Crippen LogP contribution >= 0.6 is 0 Å². The zero-order valence-corrected chi connectivity index (χ0v) is 13.1. The van der Waals surface area contributed by atoms with Gasteiger partial charge in [-0.15, -0.1) is 0 Å². The molecule has 0 bridgehead atoms. The Morgan fingerprint density at radius 2 is 1.76 bits per heavy atom. The highest BCUT2D eigenvalue weighted by atomic mass is 32.2. The van der Waals surface area contributed by atoms with Gasteiger partial charge in [-0.3, -0.25) is 0 Å². The van der Waals surface area contributed by atoms with Gasteiger partial charge in [-0.05, 0) is 24.2 Å². The largest absolute Gasteiger partial charge is 0.472 e. The Labute approximate surface area is 125 Å². The monoisotopic (exact) mass is 308 g/mol. The molecule has 0 unspecified atom stereocenters. The molecule has 1 heterocycles. The molecule has 1 aromatic carbocycles. The third kappa shape index (κ3) is 4.42. The van der Waals surface area contributed by atoms with Crippen LogP contribution in [-0.4, -0.2) is 26.8 Å². The summed E-state index contributed by atoms with van der Waals surface area (Å²) in [5, 5.41) is 3.06. The van der Waals surface area contributed by atoms with Gasteiger partial charge in [0, 0.05) is 25.7 Å². The summed E-state index contributed by atoms with van der Waals surface area (Å²) in [4.78, 5) is 0. The van der Waals surface area contributed by atoms with Gasteiger partial charge >= 0.3 is 0 Å². The fourth-order valence-electron chi connectivity index (χ4n) is 2.02. The summed E-state index contributed by atoms with van der Waals surface area (Å²) in [6.07, 6.45) is 3.09. The van der Waals surface area contributed by atoms with Crippen LogP contribution in [0, 0.1) is 0 Å². The van der Waals surface area contributed by atoms with Crippen LogP contribution in [-0.2, 0) is 28.9 Å². The molecule has 0 saturated heterocycles. The number of furan rings is 1. The highest BCUT2D eigenvalue weighted by Crippen LogP contribution is 2.14. The van der Waals surface area contributed by atoms with Gasteiger partial charge in [-0.1, -0.05) is 24.3 Å². The molecule has 0 radical (unpaired) electrons. The van der Waals surface area contributed by atoms with Gasteiger partial charge < -0.3 is 9.73 Å². The molecule has 6 heteroatoms. The van der Waals surface area contributed by atoms with E-state index in [4.69, 9.17) is 4.42 Å². The van der Waals surface area contributed by atoms with Crippen LogP contribution in [0.1, 0.15) is 16.7 Å². The summed E-state index contributed by atoms with van der Waals surface area (Å²) in [6, 6.07) is 9.36. The Hall–Kier alpha value is -1.63. The molecule has 0 atom stereocenters.